The molecule has 88 valence electrons. The predicted molar refractivity (Wildman–Crippen MR) is 67.4 cm³/mol. The number of benzene rings is 1. The molecule has 16 heavy (non-hydrogen) atoms. The Kier molecular flexibility index (Phi) is 4.83. The lowest BCUT2D eigenvalue weighted by Crippen LogP contribution is -2.14. The summed E-state index contributed by atoms with van der Waals surface area (Å²) in [5.74, 6) is 0.154. The van der Waals surface area contributed by atoms with Gasteiger partial charge in [0.25, 0.3) is 0 Å². The van der Waals surface area contributed by atoms with Crippen molar-refractivity contribution in [2.45, 2.75) is 11.8 Å². The number of thioether (sulfide) groups is 1. The van der Waals surface area contributed by atoms with Crippen LogP contribution in [0.3, 0.4) is 0 Å². The maximum Gasteiger partial charge on any atom is 0.335 e. The molecule has 0 aliphatic carbocycles. The zero-order valence-electron chi connectivity index (χ0n) is 9.86. The van der Waals surface area contributed by atoms with Gasteiger partial charge in [-0.3, -0.25) is 0 Å². The lowest BCUT2D eigenvalue weighted by Gasteiger charge is -2.09. The zero-order chi connectivity index (χ0) is 12.1. The van der Waals surface area contributed by atoms with Crippen molar-refractivity contribution in [3.8, 4) is 0 Å². The van der Waals surface area contributed by atoms with E-state index >= 15 is 0 Å². The SMILES string of the molecule is Cc1cc(SCCN(C)C)ccc1C(=O)O. The van der Waals surface area contributed by atoms with Gasteiger partial charge in [0.05, 0.1) is 5.56 Å². The molecule has 0 saturated heterocycles. The van der Waals surface area contributed by atoms with Gasteiger partial charge >= 0.3 is 5.97 Å². The van der Waals surface area contributed by atoms with E-state index in [-0.39, 0.29) is 0 Å². The number of carboxylic acid groups (broad SMARTS) is 1. The maximum absolute atomic E-state index is 10.8. The molecule has 0 unspecified atom stereocenters. The third kappa shape index (κ3) is 3.87. The van der Waals surface area contributed by atoms with Crippen LogP contribution >= 0.6 is 11.8 Å². The van der Waals surface area contributed by atoms with E-state index < -0.39 is 5.97 Å². The summed E-state index contributed by atoms with van der Waals surface area (Å²) in [6, 6.07) is 5.48. The maximum atomic E-state index is 10.8. The number of aryl methyl sites for hydroxylation is 1. The second-order valence-electron chi connectivity index (χ2n) is 3.93. The monoisotopic (exact) mass is 239 g/mol. The minimum atomic E-state index is -0.859. The molecule has 0 radical (unpaired) electrons. The Balaban J connectivity index is 2.63. The van der Waals surface area contributed by atoms with Crippen LogP contribution in [0.4, 0.5) is 0 Å². The van der Waals surface area contributed by atoms with E-state index in [9.17, 15) is 4.79 Å². The van der Waals surface area contributed by atoms with Gasteiger partial charge < -0.3 is 10.0 Å². The number of hydrogen-bond donors (Lipinski definition) is 1. The quantitative estimate of drug-likeness (QED) is 0.801. The molecule has 0 saturated carbocycles. The highest BCUT2D eigenvalue weighted by molar-refractivity contribution is 7.99. The number of aromatic carboxylic acids is 1. The molecule has 0 spiro atoms. The van der Waals surface area contributed by atoms with Gasteiger partial charge in [-0.1, -0.05) is 0 Å². The molecule has 0 amide bonds. The topological polar surface area (TPSA) is 40.5 Å². The zero-order valence-corrected chi connectivity index (χ0v) is 10.7. The van der Waals surface area contributed by atoms with Crippen LogP contribution < -0.4 is 0 Å². The lowest BCUT2D eigenvalue weighted by atomic mass is 10.1. The summed E-state index contributed by atoms with van der Waals surface area (Å²) < 4.78 is 0. The molecule has 1 aromatic carbocycles. The van der Waals surface area contributed by atoms with E-state index in [0.29, 0.717) is 5.56 Å². The van der Waals surface area contributed by atoms with Crippen LogP contribution in [0.2, 0.25) is 0 Å². The van der Waals surface area contributed by atoms with Crippen LogP contribution in [0.15, 0.2) is 23.1 Å². The minimum Gasteiger partial charge on any atom is -0.478 e. The first-order valence-electron chi connectivity index (χ1n) is 5.12. The van der Waals surface area contributed by atoms with Crippen LogP contribution in [0.1, 0.15) is 15.9 Å². The molecule has 0 heterocycles. The standard InChI is InChI=1S/C12H17NO2S/c1-9-8-10(16-7-6-13(2)3)4-5-11(9)12(14)15/h4-5,8H,6-7H2,1-3H3,(H,14,15). The molecule has 0 bridgehead atoms. The van der Waals surface area contributed by atoms with Crippen molar-refractivity contribution in [1.29, 1.82) is 0 Å². The van der Waals surface area contributed by atoms with Gasteiger partial charge in [0, 0.05) is 17.2 Å². The molecule has 3 nitrogen and oxygen atoms in total. The Morgan fingerprint density at radius 1 is 1.44 bits per heavy atom. The van der Waals surface area contributed by atoms with Crippen molar-refractivity contribution < 1.29 is 9.90 Å². The van der Waals surface area contributed by atoms with Gasteiger partial charge in [-0.05, 0) is 44.8 Å². The summed E-state index contributed by atoms with van der Waals surface area (Å²) in [5.41, 5.74) is 1.21. The summed E-state index contributed by atoms with van der Waals surface area (Å²) >= 11 is 1.75. The van der Waals surface area contributed by atoms with Gasteiger partial charge in [0.2, 0.25) is 0 Å². The number of nitrogens with zero attached hydrogens (tertiary/aromatic N) is 1. The van der Waals surface area contributed by atoms with Gasteiger partial charge in [0.15, 0.2) is 0 Å². The Bertz CT molecular complexity index is 377. The Morgan fingerprint density at radius 3 is 2.62 bits per heavy atom. The van der Waals surface area contributed by atoms with Gasteiger partial charge in [0.1, 0.15) is 0 Å². The highest BCUT2D eigenvalue weighted by atomic mass is 32.2. The Hall–Kier alpha value is -1.00. The summed E-state index contributed by atoms with van der Waals surface area (Å²) in [7, 11) is 4.08. The average molecular weight is 239 g/mol. The van der Waals surface area contributed by atoms with Gasteiger partial charge in [-0.2, -0.15) is 0 Å². The normalized spacial score (nSPS) is 10.8. The fourth-order valence-corrected chi connectivity index (χ4v) is 2.43. The molecule has 1 aromatic rings. The first-order valence-corrected chi connectivity index (χ1v) is 6.10. The molecular weight excluding hydrogens is 222 g/mol. The summed E-state index contributed by atoms with van der Waals surface area (Å²) in [5, 5.41) is 8.89. The minimum absolute atomic E-state index is 0.386. The molecule has 0 aromatic heterocycles. The molecule has 0 fully saturated rings. The summed E-state index contributed by atoms with van der Waals surface area (Å²) in [6.45, 7) is 2.85. The van der Waals surface area contributed by atoms with E-state index in [4.69, 9.17) is 5.11 Å². The summed E-state index contributed by atoms with van der Waals surface area (Å²) in [4.78, 5) is 14.1. The van der Waals surface area contributed by atoms with Crippen LogP contribution in [-0.2, 0) is 0 Å². The van der Waals surface area contributed by atoms with E-state index in [1.807, 2.05) is 33.2 Å². The van der Waals surface area contributed by atoms with Crippen LogP contribution in [0, 0.1) is 6.92 Å². The number of carboxylic acids is 1. The molecule has 0 aliphatic heterocycles. The van der Waals surface area contributed by atoms with Crippen molar-refractivity contribution in [3.05, 3.63) is 29.3 Å². The second-order valence-corrected chi connectivity index (χ2v) is 5.10. The molecule has 0 aliphatic rings. The van der Waals surface area contributed by atoms with E-state index in [0.717, 1.165) is 22.8 Å². The third-order valence-electron chi connectivity index (χ3n) is 2.24. The highest BCUT2D eigenvalue weighted by Crippen LogP contribution is 2.21. The fourth-order valence-electron chi connectivity index (χ4n) is 1.31. The van der Waals surface area contributed by atoms with Gasteiger partial charge in [-0.25, -0.2) is 4.79 Å². The van der Waals surface area contributed by atoms with Crippen molar-refractivity contribution in [3.63, 3.8) is 0 Å². The summed E-state index contributed by atoms with van der Waals surface area (Å²) in [6.07, 6.45) is 0. The smallest absolute Gasteiger partial charge is 0.335 e. The van der Waals surface area contributed by atoms with Crippen molar-refractivity contribution in [2.75, 3.05) is 26.4 Å². The Labute approximate surface area is 100 Å². The molecule has 1 rings (SSSR count). The number of hydrogen-bond acceptors (Lipinski definition) is 3. The van der Waals surface area contributed by atoms with Crippen molar-refractivity contribution in [1.82, 2.24) is 4.90 Å². The fraction of sp³-hybridized carbons (Fsp3) is 0.417. The first kappa shape index (κ1) is 13.1. The molecule has 4 heteroatoms. The second kappa shape index (κ2) is 5.92. The highest BCUT2D eigenvalue weighted by Gasteiger charge is 2.07. The molecule has 1 N–H and O–H groups in total. The Morgan fingerprint density at radius 2 is 2.12 bits per heavy atom. The lowest BCUT2D eigenvalue weighted by molar-refractivity contribution is 0.0696. The number of rotatable bonds is 5. The number of carbonyl (C=O) groups is 1. The van der Waals surface area contributed by atoms with Crippen LogP contribution in [-0.4, -0.2) is 42.4 Å². The van der Waals surface area contributed by atoms with Gasteiger partial charge in [-0.15, -0.1) is 11.8 Å². The third-order valence-corrected chi connectivity index (χ3v) is 3.21. The van der Waals surface area contributed by atoms with Crippen molar-refractivity contribution >= 4 is 17.7 Å². The molecule has 0 atom stereocenters. The van der Waals surface area contributed by atoms with Crippen molar-refractivity contribution in [2.24, 2.45) is 0 Å². The average Bonchev–Trinajstić information content (AvgIpc) is 2.16. The first-order chi connectivity index (χ1) is 7.50. The van der Waals surface area contributed by atoms with Crippen LogP contribution in [0.25, 0.3) is 0 Å². The van der Waals surface area contributed by atoms with E-state index in [2.05, 4.69) is 4.90 Å². The predicted octanol–water partition coefficient (Wildman–Crippen LogP) is 2.35. The van der Waals surface area contributed by atoms with E-state index in [1.54, 1.807) is 17.8 Å². The van der Waals surface area contributed by atoms with E-state index in [1.165, 1.54) is 0 Å². The molecular formula is C12H17NO2S. The largest absolute Gasteiger partial charge is 0.478 e. The van der Waals surface area contributed by atoms with Crippen LogP contribution in [0.5, 0.6) is 0 Å².